The van der Waals surface area contributed by atoms with Crippen LogP contribution in [0.25, 0.3) is 0 Å². The minimum Gasteiger partial charge on any atom is -0.450 e. The number of carbonyl (C=O) groups excluding carboxylic acids is 1. The normalized spacial score (nSPS) is 24.0. The highest BCUT2D eigenvalue weighted by Crippen LogP contribution is 2.26. The Morgan fingerprint density at radius 3 is 2.48 bits per heavy atom. The standard InChI is InChI=1S/C19H35N3O3/c1-4-7-18(20-24-3)16-9-13-21(14-10-16)17-8-6-12-22(15-11-17)19(23)25-5-2/h16-17H,4-15H2,1-3H3/t17-/m0/s1. The third-order valence-corrected chi connectivity index (χ3v) is 5.46. The molecule has 2 heterocycles. The van der Waals surface area contributed by atoms with E-state index in [0.717, 1.165) is 51.9 Å². The second-order valence-electron chi connectivity index (χ2n) is 7.10. The van der Waals surface area contributed by atoms with Crippen molar-refractivity contribution in [2.75, 3.05) is 39.9 Å². The zero-order chi connectivity index (χ0) is 18.1. The average Bonchev–Trinajstić information content (AvgIpc) is 2.88. The van der Waals surface area contributed by atoms with E-state index < -0.39 is 0 Å². The van der Waals surface area contributed by atoms with E-state index in [1.165, 1.54) is 25.0 Å². The number of piperidine rings is 1. The van der Waals surface area contributed by atoms with Gasteiger partial charge in [-0.15, -0.1) is 0 Å². The van der Waals surface area contributed by atoms with Gasteiger partial charge in [-0.2, -0.15) is 0 Å². The summed E-state index contributed by atoms with van der Waals surface area (Å²) >= 11 is 0. The number of nitrogens with zero attached hydrogens (tertiary/aromatic N) is 3. The van der Waals surface area contributed by atoms with Crippen LogP contribution in [0.3, 0.4) is 0 Å². The summed E-state index contributed by atoms with van der Waals surface area (Å²) in [6, 6.07) is 0.592. The molecule has 0 saturated carbocycles. The van der Waals surface area contributed by atoms with Gasteiger partial charge in [-0.25, -0.2) is 4.79 Å². The van der Waals surface area contributed by atoms with Crippen LogP contribution in [0.1, 0.15) is 58.8 Å². The van der Waals surface area contributed by atoms with Gasteiger partial charge in [0.05, 0.1) is 12.3 Å². The summed E-state index contributed by atoms with van der Waals surface area (Å²) in [5, 5.41) is 4.28. The highest BCUT2D eigenvalue weighted by molar-refractivity contribution is 5.86. The van der Waals surface area contributed by atoms with Gasteiger partial charge in [-0.05, 0) is 58.5 Å². The first-order valence-electron chi connectivity index (χ1n) is 9.95. The first-order chi connectivity index (χ1) is 12.2. The minimum absolute atomic E-state index is 0.151. The van der Waals surface area contributed by atoms with E-state index in [4.69, 9.17) is 9.57 Å². The van der Waals surface area contributed by atoms with E-state index >= 15 is 0 Å². The zero-order valence-electron chi connectivity index (χ0n) is 16.2. The fourth-order valence-corrected chi connectivity index (χ4v) is 4.14. The molecule has 0 aromatic heterocycles. The Morgan fingerprint density at radius 1 is 1.08 bits per heavy atom. The van der Waals surface area contributed by atoms with Crippen molar-refractivity contribution in [3.63, 3.8) is 0 Å². The van der Waals surface area contributed by atoms with Gasteiger partial charge in [0, 0.05) is 25.0 Å². The third-order valence-electron chi connectivity index (χ3n) is 5.46. The van der Waals surface area contributed by atoms with Crippen molar-refractivity contribution in [1.82, 2.24) is 9.80 Å². The van der Waals surface area contributed by atoms with Crippen molar-refractivity contribution in [3.8, 4) is 0 Å². The maximum absolute atomic E-state index is 11.9. The van der Waals surface area contributed by atoms with Crippen LogP contribution in [0.2, 0.25) is 0 Å². The fraction of sp³-hybridized carbons (Fsp3) is 0.895. The summed E-state index contributed by atoms with van der Waals surface area (Å²) in [6.07, 6.45) is 7.63. The van der Waals surface area contributed by atoms with Crippen molar-refractivity contribution in [2.24, 2.45) is 11.1 Å². The van der Waals surface area contributed by atoms with E-state index in [2.05, 4.69) is 17.0 Å². The topological polar surface area (TPSA) is 54.4 Å². The number of likely N-dealkylation sites (tertiary alicyclic amines) is 2. The predicted octanol–water partition coefficient (Wildman–Crippen LogP) is 3.51. The summed E-state index contributed by atoms with van der Waals surface area (Å²) in [6.45, 7) is 8.41. The summed E-state index contributed by atoms with van der Waals surface area (Å²) in [7, 11) is 1.64. The molecule has 6 heteroatoms. The maximum atomic E-state index is 11.9. The highest BCUT2D eigenvalue weighted by atomic mass is 16.6. The third kappa shape index (κ3) is 5.87. The predicted molar refractivity (Wildman–Crippen MR) is 99.9 cm³/mol. The number of ether oxygens (including phenoxy) is 1. The van der Waals surface area contributed by atoms with E-state index in [9.17, 15) is 4.79 Å². The monoisotopic (exact) mass is 353 g/mol. The van der Waals surface area contributed by atoms with Crippen molar-refractivity contribution in [3.05, 3.63) is 0 Å². The lowest BCUT2D eigenvalue weighted by Crippen LogP contribution is -2.43. The maximum Gasteiger partial charge on any atom is 0.409 e. The lowest BCUT2D eigenvalue weighted by Gasteiger charge is -2.37. The summed E-state index contributed by atoms with van der Waals surface area (Å²) in [5.41, 5.74) is 1.24. The summed E-state index contributed by atoms with van der Waals surface area (Å²) in [4.78, 5) is 21.5. The molecular formula is C19H35N3O3. The van der Waals surface area contributed by atoms with Crippen LogP contribution in [0.4, 0.5) is 4.79 Å². The minimum atomic E-state index is -0.151. The van der Waals surface area contributed by atoms with Gasteiger partial charge in [0.1, 0.15) is 7.11 Å². The highest BCUT2D eigenvalue weighted by Gasteiger charge is 2.30. The molecule has 0 aliphatic carbocycles. The molecule has 0 aromatic rings. The molecule has 0 spiro atoms. The van der Waals surface area contributed by atoms with E-state index in [0.29, 0.717) is 18.6 Å². The molecule has 2 fully saturated rings. The Hall–Kier alpha value is -1.30. The second-order valence-corrected chi connectivity index (χ2v) is 7.10. The van der Waals surface area contributed by atoms with Gasteiger partial charge in [0.15, 0.2) is 0 Å². The molecule has 2 aliphatic rings. The molecule has 144 valence electrons. The number of amides is 1. The number of hydrogen-bond acceptors (Lipinski definition) is 5. The van der Waals surface area contributed by atoms with Gasteiger partial charge in [0.2, 0.25) is 0 Å². The Labute approximate surface area is 152 Å². The molecule has 0 unspecified atom stereocenters. The molecule has 0 aromatic carbocycles. The van der Waals surface area contributed by atoms with Gasteiger partial charge in [0.25, 0.3) is 0 Å². The van der Waals surface area contributed by atoms with Crippen LogP contribution in [0, 0.1) is 5.92 Å². The Bertz CT molecular complexity index is 434. The molecule has 1 amide bonds. The summed E-state index contributed by atoms with van der Waals surface area (Å²) in [5.74, 6) is 0.568. The molecule has 6 nitrogen and oxygen atoms in total. The first kappa shape index (κ1) is 20.0. The van der Waals surface area contributed by atoms with Gasteiger partial charge < -0.3 is 19.4 Å². The van der Waals surface area contributed by atoms with Crippen molar-refractivity contribution in [1.29, 1.82) is 0 Å². The van der Waals surface area contributed by atoms with Gasteiger partial charge >= 0.3 is 6.09 Å². The number of carbonyl (C=O) groups is 1. The molecule has 25 heavy (non-hydrogen) atoms. The van der Waals surface area contributed by atoms with Gasteiger partial charge in [-0.1, -0.05) is 18.5 Å². The second kappa shape index (κ2) is 10.6. The molecule has 2 aliphatic heterocycles. The lowest BCUT2D eigenvalue weighted by atomic mass is 9.88. The molecule has 0 N–H and O–H groups in total. The Morgan fingerprint density at radius 2 is 1.84 bits per heavy atom. The lowest BCUT2D eigenvalue weighted by molar-refractivity contribution is 0.105. The zero-order valence-corrected chi connectivity index (χ0v) is 16.2. The van der Waals surface area contributed by atoms with E-state index in [-0.39, 0.29) is 6.09 Å². The Balaban J connectivity index is 1.82. The van der Waals surface area contributed by atoms with E-state index in [1.807, 2.05) is 11.8 Å². The quantitative estimate of drug-likeness (QED) is 0.542. The van der Waals surface area contributed by atoms with E-state index in [1.54, 1.807) is 7.11 Å². The van der Waals surface area contributed by atoms with Gasteiger partial charge in [-0.3, -0.25) is 0 Å². The van der Waals surface area contributed by atoms with Crippen molar-refractivity contribution >= 4 is 11.8 Å². The molecule has 2 rings (SSSR count). The SMILES string of the molecule is CCCC(=NOC)C1CCN([C@H]2CCCN(C(=O)OCC)CC2)CC1. The van der Waals surface area contributed by atoms with Crippen LogP contribution >= 0.6 is 0 Å². The average molecular weight is 354 g/mol. The van der Waals surface area contributed by atoms with Crippen LogP contribution in [0.5, 0.6) is 0 Å². The first-order valence-corrected chi connectivity index (χ1v) is 9.95. The molecule has 1 atom stereocenters. The van der Waals surface area contributed by atoms with Crippen LogP contribution in [-0.4, -0.2) is 67.5 Å². The molecular weight excluding hydrogens is 318 g/mol. The summed E-state index contributed by atoms with van der Waals surface area (Å²) < 4.78 is 5.15. The molecule has 0 radical (unpaired) electrons. The van der Waals surface area contributed by atoms with Crippen LogP contribution < -0.4 is 0 Å². The number of oxime groups is 1. The smallest absolute Gasteiger partial charge is 0.409 e. The largest absolute Gasteiger partial charge is 0.450 e. The molecule has 0 bridgehead atoms. The van der Waals surface area contributed by atoms with Crippen molar-refractivity contribution in [2.45, 2.75) is 64.8 Å². The van der Waals surface area contributed by atoms with Crippen LogP contribution in [-0.2, 0) is 9.57 Å². The molecule has 2 saturated heterocycles. The number of hydrogen-bond donors (Lipinski definition) is 0. The Kier molecular flexibility index (Phi) is 8.52. The van der Waals surface area contributed by atoms with Crippen LogP contribution in [0.15, 0.2) is 5.16 Å². The fourth-order valence-electron chi connectivity index (χ4n) is 4.14. The van der Waals surface area contributed by atoms with Crippen molar-refractivity contribution < 1.29 is 14.4 Å². The number of rotatable bonds is 6.